The van der Waals surface area contributed by atoms with Crippen molar-refractivity contribution in [2.24, 2.45) is 5.92 Å². The van der Waals surface area contributed by atoms with E-state index in [9.17, 15) is 4.79 Å². The number of nitrogens with zero attached hydrogens (tertiary/aromatic N) is 4. The van der Waals surface area contributed by atoms with Crippen molar-refractivity contribution in [3.05, 3.63) is 42.7 Å². The van der Waals surface area contributed by atoms with E-state index in [1.807, 2.05) is 24.5 Å². The van der Waals surface area contributed by atoms with Crippen LogP contribution in [0.1, 0.15) is 37.4 Å². The molecule has 1 aliphatic heterocycles. The molecule has 136 valence electrons. The van der Waals surface area contributed by atoms with Crippen LogP contribution < -0.4 is 15.5 Å². The summed E-state index contributed by atoms with van der Waals surface area (Å²) in [6.07, 6.45) is 11.5. The molecule has 1 aliphatic carbocycles. The van der Waals surface area contributed by atoms with Gasteiger partial charge in [-0.05, 0) is 43.7 Å². The summed E-state index contributed by atoms with van der Waals surface area (Å²) in [5.41, 5.74) is 1.86. The quantitative estimate of drug-likeness (QED) is 0.864. The average molecular weight is 352 g/mol. The third-order valence-electron chi connectivity index (χ3n) is 5.07. The minimum absolute atomic E-state index is 0.190. The summed E-state index contributed by atoms with van der Waals surface area (Å²) in [5.74, 6) is 1.92. The largest absolute Gasteiger partial charge is 0.371 e. The number of carbonyl (C=O) groups is 1. The van der Waals surface area contributed by atoms with Crippen molar-refractivity contribution in [3.63, 3.8) is 0 Å². The Bertz CT molecular complexity index is 723. The summed E-state index contributed by atoms with van der Waals surface area (Å²) in [4.78, 5) is 27.1. The molecule has 2 fully saturated rings. The molecule has 26 heavy (non-hydrogen) atoms. The first-order chi connectivity index (χ1) is 12.8. The van der Waals surface area contributed by atoms with Crippen molar-refractivity contribution in [1.82, 2.24) is 20.3 Å². The number of urea groups is 1. The number of nitrogens with one attached hydrogen (secondary N) is 2. The topological polar surface area (TPSA) is 83.0 Å². The Labute approximate surface area is 153 Å². The van der Waals surface area contributed by atoms with Crippen molar-refractivity contribution in [3.8, 4) is 0 Å². The molecule has 2 aliphatic rings. The second kappa shape index (κ2) is 7.68. The van der Waals surface area contributed by atoms with Crippen LogP contribution in [0, 0.1) is 5.92 Å². The number of hydrogen-bond acceptors (Lipinski definition) is 5. The van der Waals surface area contributed by atoms with Gasteiger partial charge in [-0.25, -0.2) is 14.8 Å². The highest BCUT2D eigenvalue weighted by atomic mass is 16.2. The summed E-state index contributed by atoms with van der Waals surface area (Å²) >= 11 is 0. The molecule has 1 saturated carbocycles. The molecule has 3 heterocycles. The predicted octanol–water partition coefficient (Wildman–Crippen LogP) is 2.79. The van der Waals surface area contributed by atoms with E-state index < -0.39 is 0 Å². The van der Waals surface area contributed by atoms with E-state index in [-0.39, 0.29) is 6.03 Å². The SMILES string of the molecule is O=C(NCC1CCN(c2ccncc2)CC1)Nc1cnc(C2CC2)nc1. The third-order valence-corrected chi connectivity index (χ3v) is 5.07. The van der Waals surface area contributed by atoms with Gasteiger partial charge in [0.2, 0.25) is 0 Å². The number of amides is 2. The maximum absolute atomic E-state index is 12.1. The second-order valence-corrected chi connectivity index (χ2v) is 7.08. The van der Waals surface area contributed by atoms with Gasteiger partial charge in [-0.3, -0.25) is 4.98 Å². The molecule has 0 atom stereocenters. The standard InChI is InChI=1S/C19H24N6O/c26-19(24-16-12-21-18(22-13-16)15-1-2-15)23-11-14-5-9-25(10-6-14)17-3-7-20-8-4-17/h3-4,7-8,12-15H,1-2,5-6,9-11H2,(H2,23,24,26). The fourth-order valence-corrected chi connectivity index (χ4v) is 3.32. The van der Waals surface area contributed by atoms with Gasteiger partial charge in [-0.15, -0.1) is 0 Å². The van der Waals surface area contributed by atoms with Gasteiger partial charge in [0.25, 0.3) is 0 Å². The van der Waals surface area contributed by atoms with Gasteiger partial charge < -0.3 is 15.5 Å². The first kappa shape index (κ1) is 16.8. The second-order valence-electron chi connectivity index (χ2n) is 7.08. The molecule has 1 saturated heterocycles. The van der Waals surface area contributed by atoms with Crippen LogP contribution in [0.2, 0.25) is 0 Å². The van der Waals surface area contributed by atoms with Crippen LogP contribution in [0.15, 0.2) is 36.9 Å². The van der Waals surface area contributed by atoms with Crippen LogP contribution in [0.5, 0.6) is 0 Å². The number of anilines is 2. The normalized spacial score (nSPS) is 17.8. The third kappa shape index (κ3) is 4.28. The number of pyridine rings is 1. The first-order valence-electron chi connectivity index (χ1n) is 9.30. The predicted molar refractivity (Wildman–Crippen MR) is 100 cm³/mol. The van der Waals surface area contributed by atoms with Crippen LogP contribution >= 0.6 is 0 Å². The Balaban J connectivity index is 1.19. The van der Waals surface area contributed by atoms with Gasteiger partial charge >= 0.3 is 6.03 Å². The Kier molecular flexibility index (Phi) is 4.95. The monoisotopic (exact) mass is 352 g/mol. The summed E-state index contributed by atoms with van der Waals surface area (Å²) in [7, 11) is 0. The maximum Gasteiger partial charge on any atom is 0.319 e. The van der Waals surface area contributed by atoms with Gasteiger partial charge in [-0.2, -0.15) is 0 Å². The minimum atomic E-state index is -0.190. The van der Waals surface area contributed by atoms with E-state index in [2.05, 4.69) is 30.5 Å². The zero-order chi connectivity index (χ0) is 17.8. The van der Waals surface area contributed by atoms with Crippen molar-refractivity contribution >= 4 is 17.4 Å². The molecule has 2 amide bonds. The van der Waals surface area contributed by atoms with Crippen molar-refractivity contribution in [2.75, 3.05) is 29.9 Å². The summed E-state index contributed by atoms with van der Waals surface area (Å²) in [6.45, 7) is 2.71. The van der Waals surface area contributed by atoms with Gasteiger partial charge in [0, 0.05) is 43.6 Å². The molecular formula is C19H24N6O. The molecule has 2 aromatic heterocycles. The van der Waals surface area contributed by atoms with Gasteiger partial charge in [-0.1, -0.05) is 0 Å². The Morgan fingerprint density at radius 1 is 1.08 bits per heavy atom. The lowest BCUT2D eigenvalue weighted by molar-refractivity contribution is 0.248. The molecule has 0 aromatic carbocycles. The molecule has 7 heteroatoms. The van der Waals surface area contributed by atoms with Crippen molar-refractivity contribution in [1.29, 1.82) is 0 Å². The molecule has 2 aromatic rings. The average Bonchev–Trinajstić information content (AvgIpc) is 3.53. The zero-order valence-corrected chi connectivity index (χ0v) is 14.8. The molecule has 0 bridgehead atoms. The highest BCUT2D eigenvalue weighted by Crippen LogP contribution is 2.37. The lowest BCUT2D eigenvalue weighted by atomic mass is 9.96. The van der Waals surface area contributed by atoms with Crippen LogP contribution in [-0.4, -0.2) is 40.6 Å². The van der Waals surface area contributed by atoms with E-state index in [0.29, 0.717) is 24.1 Å². The maximum atomic E-state index is 12.1. The van der Waals surface area contributed by atoms with E-state index in [4.69, 9.17) is 0 Å². The zero-order valence-electron chi connectivity index (χ0n) is 14.8. The van der Waals surface area contributed by atoms with E-state index in [1.54, 1.807) is 12.4 Å². The van der Waals surface area contributed by atoms with Gasteiger partial charge in [0.1, 0.15) is 5.82 Å². The van der Waals surface area contributed by atoms with Crippen molar-refractivity contribution < 1.29 is 4.79 Å². The number of aromatic nitrogens is 3. The Hall–Kier alpha value is -2.70. The lowest BCUT2D eigenvalue weighted by Gasteiger charge is -2.33. The summed E-state index contributed by atoms with van der Waals surface area (Å²) in [6, 6.07) is 3.90. The van der Waals surface area contributed by atoms with Gasteiger partial charge in [0.05, 0.1) is 18.1 Å². The molecule has 0 radical (unpaired) electrons. The van der Waals surface area contributed by atoms with Crippen LogP contribution in [-0.2, 0) is 0 Å². The molecule has 0 spiro atoms. The smallest absolute Gasteiger partial charge is 0.319 e. The summed E-state index contributed by atoms with van der Waals surface area (Å²) in [5, 5.41) is 5.78. The number of piperidine rings is 1. The number of rotatable bonds is 5. The lowest BCUT2D eigenvalue weighted by Crippen LogP contribution is -2.39. The minimum Gasteiger partial charge on any atom is -0.371 e. The highest BCUT2D eigenvalue weighted by molar-refractivity contribution is 5.88. The molecule has 4 rings (SSSR count). The fourth-order valence-electron chi connectivity index (χ4n) is 3.32. The Morgan fingerprint density at radius 2 is 1.77 bits per heavy atom. The number of hydrogen-bond donors (Lipinski definition) is 2. The van der Waals surface area contributed by atoms with Crippen LogP contribution in [0.25, 0.3) is 0 Å². The van der Waals surface area contributed by atoms with E-state index in [0.717, 1.165) is 31.8 Å². The first-order valence-corrected chi connectivity index (χ1v) is 9.30. The van der Waals surface area contributed by atoms with E-state index in [1.165, 1.54) is 18.5 Å². The summed E-state index contributed by atoms with van der Waals surface area (Å²) < 4.78 is 0. The van der Waals surface area contributed by atoms with Crippen molar-refractivity contribution in [2.45, 2.75) is 31.6 Å². The molecule has 7 nitrogen and oxygen atoms in total. The Morgan fingerprint density at radius 3 is 2.42 bits per heavy atom. The van der Waals surface area contributed by atoms with E-state index >= 15 is 0 Å². The van der Waals surface area contributed by atoms with Crippen LogP contribution in [0.3, 0.4) is 0 Å². The fraction of sp³-hybridized carbons (Fsp3) is 0.474. The van der Waals surface area contributed by atoms with Crippen LogP contribution in [0.4, 0.5) is 16.2 Å². The molecule has 2 N–H and O–H groups in total. The number of carbonyl (C=O) groups excluding carboxylic acids is 1. The van der Waals surface area contributed by atoms with Gasteiger partial charge in [0.15, 0.2) is 0 Å². The molecule has 0 unspecified atom stereocenters. The highest BCUT2D eigenvalue weighted by Gasteiger charge is 2.26. The molecular weight excluding hydrogens is 328 g/mol.